The molecular formula is C21H24ClN3O2. The molecule has 1 N–H and O–H groups in total. The van der Waals surface area contributed by atoms with Crippen LogP contribution in [-0.2, 0) is 9.53 Å². The number of aromatic nitrogens is 1. The maximum atomic E-state index is 12.5. The van der Waals surface area contributed by atoms with Crippen molar-refractivity contribution in [3.63, 3.8) is 0 Å². The highest BCUT2D eigenvalue weighted by atomic mass is 35.5. The first-order valence-electron chi connectivity index (χ1n) is 8.65. The zero-order chi connectivity index (χ0) is 20.1. The number of benzene rings is 1. The molecule has 0 aliphatic carbocycles. The van der Waals surface area contributed by atoms with Crippen LogP contribution in [0.5, 0.6) is 0 Å². The van der Waals surface area contributed by atoms with Crippen LogP contribution in [0.2, 0.25) is 5.02 Å². The van der Waals surface area contributed by atoms with Crippen LogP contribution >= 0.6 is 11.6 Å². The highest BCUT2D eigenvalue weighted by Crippen LogP contribution is 2.25. The van der Waals surface area contributed by atoms with Crippen LogP contribution in [0.3, 0.4) is 0 Å². The van der Waals surface area contributed by atoms with Crippen molar-refractivity contribution >= 4 is 29.3 Å². The fourth-order valence-electron chi connectivity index (χ4n) is 3.16. The standard InChI is InChI=1S/C21H24ClN3O2/c1-13-6-7-20(19(22)8-13)24-21(26)18(11-23)10-17-9-14(2)25(16(17)4)15(3)12-27-5/h6-10,15H,12H2,1-5H3,(H,24,26)/b18-10+. The number of carbonyl (C=O) groups is 1. The molecule has 0 radical (unpaired) electrons. The van der Waals surface area contributed by atoms with Gasteiger partial charge in [-0.15, -0.1) is 0 Å². The van der Waals surface area contributed by atoms with Crippen molar-refractivity contribution in [3.8, 4) is 6.07 Å². The Morgan fingerprint density at radius 1 is 1.37 bits per heavy atom. The van der Waals surface area contributed by atoms with Crippen molar-refractivity contribution < 1.29 is 9.53 Å². The van der Waals surface area contributed by atoms with E-state index in [0.717, 1.165) is 22.5 Å². The van der Waals surface area contributed by atoms with Crippen molar-refractivity contribution in [1.82, 2.24) is 4.57 Å². The summed E-state index contributed by atoms with van der Waals surface area (Å²) in [6.45, 7) is 8.52. The first-order chi connectivity index (χ1) is 12.8. The lowest BCUT2D eigenvalue weighted by Crippen LogP contribution is -2.14. The van der Waals surface area contributed by atoms with Gasteiger partial charge in [0.05, 0.1) is 23.4 Å². The lowest BCUT2D eigenvalue weighted by molar-refractivity contribution is -0.112. The summed E-state index contributed by atoms with van der Waals surface area (Å²) >= 11 is 6.16. The number of aryl methyl sites for hydroxylation is 2. The number of carbonyl (C=O) groups excluding carboxylic acids is 1. The lowest BCUT2D eigenvalue weighted by atomic mass is 10.1. The number of halogens is 1. The number of nitriles is 1. The third kappa shape index (κ3) is 4.79. The van der Waals surface area contributed by atoms with Crippen LogP contribution < -0.4 is 5.32 Å². The summed E-state index contributed by atoms with van der Waals surface area (Å²) in [5.41, 5.74) is 4.34. The van der Waals surface area contributed by atoms with E-state index in [2.05, 4.69) is 16.8 Å². The fourth-order valence-corrected chi connectivity index (χ4v) is 3.44. The number of hydrogen-bond acceptors (Lipinski definition) is 3. The zero-order valence-electron chi connectivity index (χ0n) is 16.3. The van der Waals surface area contributed by atoms with Gasteiger partial charge in [0.2, 0.25) is 0 Å². The second kappa shape index (κ2) is 8.90. The van der Waals surface area contributed by atoms with Crippen molar-refractivity contribution in [3.05, 3.63) is 57.4 Å². The van der Waals surface area contributed by atoms with Gasteiger partial charge in [-0.1, -0.05) is 17.7 Å². The minimum atomic E-state index is -0.488. The van der Waals surface area contributed by atoms with Crippen LogP contribution in [0.25, 0.3) is 6.08 Å². The Bertz CT molecular complexity index is 922. The van der Waals surface area contributed by atoms with Gasteiger partial charge in [0, 0.05) is 18.5 Å². The summed E-state index contributed by atoms with van der Waals surface area (Å²) in [6.07, 6.45) is 1.61. The van der Waals surface area contributed by atoms with Gasteiger partial charge in [0.1, 0.15) is 11.6 Å². The molecule has 1 atom stereocenters. The summed E-state index contributed by atoms with van der Waals surface area (Å²) in [5, 5.41) is 12.6. The number of rotatable bonds is 6. The number of ether oxygens (including phenoxy) is 1. The molecule has 1 aromatic carbocycles. The quantitative estimate of drug-likeness (QED) is 0.572. The molecule has 6 heteroatoms. The summed E-state index contributed by atoms with van der Waals surface area (Å²) < 4.78 is 7.38. The number of amides is 1. The lowest BCUT2D eigenvalue weighted by Gasteiger charge is -2.17. The predicted molar refractivity (Wildman–Crippen MR) is 109 cm³/mol. The van der Waals surface area contributed by atoms with Gasteiger partial charge in [-0.2, -0.15) is 5.26 Å². The maximum Gasteiger partial charge on any atom is 0.266 e. The van der Waals surface area contributed by atoms with Gasteiger partial charge < -0.3 is 14.6 Å². The Labute approximate surface area is 165 Å². The number of hydrogen-bond donors (Lipinski definition) is 1. The molecule has 5 nitrogen and oxygen atoms in total. The van der Waals surface area contributed by atoms with Crippen molar-refractivity contribution in [2.45, 2.75) is 33.7 Å². The van der Waals surface area contributed by atoms with Crippen molar-refractivity contribution in [1.29, 1.82) is 5.26 Å². The van der Waals surface area contributed by atoms with Crippen molar-refractivity contribution in [2.75, 3.05) is 19.0 Å². The third-order valence-electron chi connectivity index (χ3n) is 4.41. The Morgan fingerprint density at radius 2 is 2.07 bits per heavy atom. The predicted octanol–water partition coefficient (Wildman–Crippen LogP) is 4.82. The van der Waals surface area contributed by atoms with E-state index in [4.69, 9.17) is 16.3 Å². The molecule has 0 aliphatic heterocycles. The third-order valence-corrected chi connectivity index (χ3v) is 4.72. The first-order valence-corrected chi connectivity index (χ1v) is 9.03. The van der Waals surface area contributed by atoms with Crippen LogP contribution in [-0.4, -0.2) is 24.2 Å². The van der Waals surface area contributed by atoms with Gasteiger partial charge in [-0.3, -0.25) is 4.79 Å². The molecule has 2 rings (SSSR count). The normalized spacial score (nSPS) is 12.6. The fraction of sp³-hybridized carbons (Fsp3) is 0.333. The van der Waals surface area contributed by atoms with Gasteiger partial charge in [0.15, 0.2) is 0 Å². The van der Waals surface area contributed by atoms with Crippen LogP contribution in [0.15, 0.2) is 29.8 Å². The highest BCUT2D eigenvalue weighted by molar-refractivity contribution is 6.34. The SMILES string of the molecule is COCC(C)n1c(C)cc(/C=C(\C#N)C(=O)Nc2ccc(C)cc2Cl)c1C. The number of nitrogens with one attached hydrogen (secondary N) is 1. The van der Waals surface area contributed by atoms with Crippen LogP contribution in [0, 0.1) is 32.1 Å². The van der Waals surface area contributed by atoms with Crippen LogP contribution in [0.1, 0.15) is 35.5 Å². The number of anilines is 1. The smallest absolute Gasteiger partial charge is 0.266 e. The number of nitrogens with zero attached hydrogens (tertiary/aromatic N) is 2. The van der Waals surface area contributed by atoms with E-state index >= 15 is 0 Å². The second-order valence-electron chi connectivity index (χ2n) is 6.61. The molecule has 0 spiro atoms. The molecule has 1 amide bonds. The van der Waals surface area contributed by atoms with Gasteiger partial charge >= 0.3 is 0 Å². The molecule has 1 aromatic heterocycles. The molecule has 0 fully saturated rings. The average Bonchev–Trinajstić information content (AvgIpc) is 2.88. The Balaban J connectivity index is 2.32. The zero-order valence-corrected chi connectivity index (χ0v) is 17.0. The van der Waals surface area contributed by atoms with E-state index < -0.39 is 5.91 Å². The Hall–Kier alpha value is -2.55. The van der Waals surface area contributed by atoms with E-state index in [-0.39, 0.29) is 11.6 Å². The molecule has 0 aliphatic rings. The second-order valence-corrected chi connectivity index (χ2v) is 7.02. The van der Waals surface area contributed by atoms with Gasteiger partial charge in [0.25, 0.3) is 5.91 Å². The topological polar surface area (TPSA) is 67.0 Å². The minimum Gasteiger partial charge on any atom is -0.383 e. The average molecular weight is 386 g/mol. The maximum absolute atomic E-state index is 12.5. The molecular weight excluding hydrogens is 362 g/mol. The van der Waals surface area contributed by atoms with E-state index in [1.54, 1.807) is 25.3 Å². The molecule has 0 bridgehead atoms. The summed E-state index contributed by atoms with van der Waals surface area (Å²) in [5.74, 6) is -0.488. The van der Waals surface area contributed by atoms with E-state index in [0.29, 0.717) is 17.3 Å². The first kappa shape index (κ1) is 20.8. The summed E-state index contributed by atoms with van der Waals surface area (Å²) in [7, 11) is 1.67. The largest absolute Gasteiger partial charge is 0.383 e. The minimum absolute atomic E-state index is 0.0197. The van der Waals surface area contributed by atoms with E-state index in [9.17, 15) is 10.1 Å². The summed E-state index contributed by atoms with van der Waals surface area (Å²) in [4.78, 5) is 12.5. The molecule has 27 heavy (non-hydrogen) atoms. The Kier molecular flexibility index (Phi) is 6.84. The highest BCUT2D eigenvalue weighted by Gasteiger charge is 2.16. The van der Waals surface area contributed by atoms with E-state index in [1.807, 2.05) is 39.0 Å². The molecule has 2 aromatic rings. The summed E-state index contributed by atoms with van der Waals surface area (Å²) in [6, 6.07) is 9.44. The Morgan fingerprint density at radius 3 is 2.67 bits per heavy atom. The van der Waals surface area contributed by atoms with Gasteiger partial charge in [-0.25, -0.2) is 0 Å². The number of methoxy groups -OCH3 is 1. The molecule has 1 heterocycles. The molecule has 0 saturated carbocycles. The van der Waals surface area contributed by atoms with Crippen molar-refractivity contribution in [2.24, 2.45) is 0 Å². The van der Waals surface area contributed by atoms with E-state index in [1.165, 1.54) is 0 Å². The van der Waals surface area contributed by atoms with Crippen LogP contribution in [0.4, 0.5) is 5.69 Å². The molecule has 0 saturated heterocycles. The monoisotopic (exact) mass is 385 g/mol. The molecule has 1 unspecified atom stereocenters. The molecule has 142 valence electrons. The van der Waals surface area contributed by atoms with Gasteiger partial charge in [-0.05, 0) is 63.1 Å².